The molecule has 0 fully saturated rings. The normalized spacial score (nSPS) is 15.2. The molecule has 0 aliphatic carbocycles. The summed E-state index contributed by atoms with van der Waals surface area (Å²) in [7, 11) is 0. The quantitative estimate of drug-likeness (QED) is 0.579. The standard InChI is InChI=1S/C11H20O/c1-4-7-9-10(8-5-2)11(12)6-3/h5-6,10-12H,2-4,7-9H2,1H3. The van der Waals surface area contributed by atoms with Gasteiger partial charge in [-0.3, -0.25) is 0 Å². The van der Waals surface area contributed by atoms with Gasteiger partial charge in [-0.2, -0.15) is 0 Å². The Labute approximate surface area is 75.8 Å². The van der Waals surface area contributed by atoms with Crippen molar-refractivity contribution in [1.82, 2.24) is 0 Å². The summed E-state index contributed by atoms with van der Waals surface area (Å²) in [5, 5.41) is 9.51. The fourth-order valence-electron chi connectivity index (χ4n) is 1.30. The maximum absolute atomic E-state index is 9.51. The Morgan fingerprint density at radius 2 is 2.08 bits per heavy atom. The van der Waals surface area contributed by atoms with Gasteiger partial charge in [-0.1, -0.05) is 31.9 Å². The molecule has 0 saturated heterocycles. The molecular weight excluding hydrogens is 148 g/mol. The van der Waals surface area contributed by atoms with Crippen LogP contribution in [0.1, 0.15) is 32.6 Å². The first-order valence-electron chi connectivity index (χ1n) is 4.67. The fraction of sp³-hybridized carbons (Fsp3) is 0.636. The van der Waals surface area contributed by atoms with Crippen LogP contribution in [0.25, 0.3) is 0 Å². The van der Waals surface area contributed by atoms with E-state index in [2.05, 4.69) is 20.1 Å². The molecule has 1 N–H and O–H groups in total. The van der Waals surface area contributed by atoms with Gasteiger partial charge >= 0.3 is 0 Å². The van der Waals surface area contributed by atoms with Gasteiger partial charge in [0.2, 0.25) is 0 Å². The molecule has 0 aromatic rings. The summed E-state index contributed by atoms with van der Waals surface area (Å²) in [5.41, 5.74) is 0. The molecule has 2 unspecified atom stereocenters. The van der Waals surface area contributed by atoms with Crippen molar-refractivity contribution in [2.45, 2.75) is 38.7 Å². The molecule has 0 amide bonds. The smallest absolute Gasteiger partial charge is 0.0749 e. The fourth-order valence-corrected chi connectivity index (χ4v) is 1.30. The Hall–Kier alpha value is -0.560. The van der Waals surface area contributed by atoms with Crippen LogP contribution in [-0.4, -0.2) is 11.2 Å². The lowest BCUT2D eigenvalue weighted by Gasteiger charge is -2.18. The van der Waals surface area contributed by atoms with Gasteiger partial charge in [0, 0.05) is 0 Å². The lowest BCUT2D eigenvalue weighted by molar-refractivity contribution is 0.146. The van der Waals surface area contributed by atoms with Crippen molar-refractivity contribution in [3.05, 3.63) is 25.3 Å². The predicted octanol–water partition coefficient (Wildman–Crippen LogP) is 2.92. The minimum Gasteiger partial charge on any atom is -0.389 e. The molecule has 0 aliphatic heterocycles. The number of hydrogen-bond acceptors (Lipinski definition) is 1. The van der Waals surface area contributed by atoms with E-state index >= 15 is 0 Å². The average Bonchev–Trinajstić information content (AvgIpc) is 2.11. The van der Waals surface area contributed by atoms with Crippen LogP contribution in [0.2, 0.25) is 0 Å². The zero-order chi connectivity index (χ0) is 9.40. The maximum atomic E-state index is 9.51. The van der Waals surface area contributed by atoms with E-state index in [1.54, 1.807) is 6.08 Å². The second kappa shape index (κ2) is 7.11. The largest absolute Gasteiger partial charge is 0.389 e. The molecule has 0 rings (SSSR count). The Morgan fingerprint density at radius 1 is 1.42 bits per heavy atom. The van der Waals surface area contributed by atoms with E-state index in [4.69, 9.17) is 0 Å². The summed E-state index contributed by atoms with van der Waals surface area (Å²) >= 11 is 0. The van der Waals surface area contributed by atoms with Crippen LogP contribution < -0.4 is 0 Å². The first kappa shape index (κ1) is 11.4. The zero-order valence-corrected chi connectivity index (χ0v) is 8.00. The number of rotatable bonds is 7. The van der Waals surface area contributed by atoms with Crippen molar-refractivity contribution in [3.63, 3.8) is 0 Å². The second-order valence-corrected chi connectivity index (χ2v) is 3.15. The van der Waals surface area contributed by atoms with Gasteiger partial charge in [0.25, 0.3) is 0 Å². The molecule has 0 bridgehead atoms. The van der Waals surface area contributed by atoms with Gasteiger partial charge in [-0.15, -0.1) is 13.2 Å². The summed E-state index contributed by atoms with van der Waals surface area (Å²) in [4.78, 5) is 0. The number of unbranched alkanes of at least 4 members (excludes halogenated alkanes) is 1. The second-order valence-electron chi connectivity index (χ2n) is 3.15. The first-order valence-corrected chi connectivity index (χ1v) is 4.67. The molecule has 70 valence electrons. The van der Waals surface area contributed by atoms with E-state index < -0.39 is 0 Å². The van der Waals surface area contributed by atoms with Crippen LogP contribution >= 0.6 is 0 Å². The van der Waals surface area contributed by atoms with E-state index in [-0.39, 0.29) is 6.10 Å². The molecule has 2 atom stereocenters. The van der Waals surface area contributed by atoms with E-state index in [0.29, 0.717) is 5.92 Å². The number of hydrogen-bond donors (Lipinski definition) is 1. The molecule has 0 radical (unpaired) electrons. The molecule has 0 spiro atoms. The Bertz CT molecular complexity index is 129. The highest BCUT2D eigenvalue weighted by molar-refractivity contribution is 4.87. The third-order valence-electron chi connectivity index (χ3n) is 2.12. The summed E-state index contributed by atoms with van der Waals surface area (Å²) in [6.07, 6.45) is 7.41. The van der Waals surface area contributed by atoms with Crippen LogP contribution in [0.4, 0.5) is 0 Å². The first-order chi connectivity index (χ1) is 5.76. The van der Waals surface area contributed by atoms with Gasteiger partial charge in [0.15, 0.2) is 0 Å². The topological polar surface area (TPSA) is 20.2 Å². The van der Waals surface area contributed by atoms with Gasteiger partial charge in [0.05, 0.1) is 6.10 Å². The van der Waals surface area contributed by atoms with E-state index in [1.165, 1.54) is 12.8 Å². The minimum absolute atomic E-state index is 0.319. The zero-order valence-electron chi connectivity index (χ0n) is 8.00. The van der Waals surface area contributed by atoms with Crippen molar-refractivity contribution in [2.75, 3.05) is 0 Å². The monoisotopic (exact) mass is 168 g/mol. The third kappa shape index (κ3) is 4.35. The lowest BCUT2D eigenvalue weighted by atomic mass is 9.93. The summed E-state index contributed by atoms with van der Waals surface area (Å²) in [6.45, 7) is 9.43. The van der Waals surface area contributed by atoms with Crippen molar-refractivity contribution in [1.29, 1.82) is 0 Å². The van der Waals surface area contributed by atoms with Gasteiger partial charge in [-0.05, 0) is 18.8 Å². The molecule has 1 nitrogen and oxygen atoms in total. The molecular formula is C11H20O. The van der Waals surface area contributed by atoms with Crippen molar-refractivity contribution in [3.8, 4) is 0 Å². The molecule has 0 aromatic carbocycles. The molecule has 12 heavy (non-hydrogen) atoms. The van der Waals surface area contributed by atoms with Crippen LogP contribution in [0.15, 0.2) is 25.3 Å². The third-order valence-corrected chi connectivity index (χ3v) is 2.12. The number of allylic oxidation sites excluding steroid dienone is 1. The molecule has 0 aliphatic rings. The Balaban J connectivity index is 3.83. The van der Waals surface area contributed by atoms with Gasteiger partial charge in [0.1, 0.15) is 0 Å². The summed E-state index contributed by atoms with van der Waals surface area (Å²) in [6, 6.07) is 0. The summed E-state index contributed by atoms with van der Waals surface area (Å²) < 4.78 is 0. The highest BCUT2D eigenvalue weighted by atomic mass is 16.3. The van der Waals surface area contributed by atoms with E-state index in [9.17, 15) is 5.11 Å². The SMILES string of the molecule is C=CCC(CCCC)C(O)C=C. The average molecular weight is 168 g/mol. The van der Waals surface area contributed by atoms with Crippen molar-refractivity contribution in [2.24, 2.45) is 5.92 Å². The van der Waals surface area contributed by atoms with Crippen LogP contribution in [0.5, 0.6) is 0 Å². The highest BCUT2D eigenvalue weighted by Gasteiger charge is 2.13. The maximum Gasteiger partial charge on any atom is 0.0749 e. The predicted molar refractivity (Wildman–Crippen MR) is 54.0 cm³/mol. The van der Waals surface area contributed by atoms with Gasteiger partial charge in [-0.25, -0.2) is 0 Å². The Kier molecular flexibility index (Phi) is 6.78. The molecule has 0 aromatic heterocycles. The van der Waals surface area contributed by atoms with E-state index in [1.807, 2.05) is 6.08 Å². The van der Waals surface area contributed by atoms with Crippen LogP contribution in [-0.2, 0) is 0 Å². The molecule has 0 saturated carbocycles. The Morgan fingerprint density at radius 3 is 2.50 bits per heavy atom. The van der Waals surface area contributed by atoms with Crippen LogP contribution in [0.3, 0.4) is 0 Å². The van der Waals surface area contributed by atoms with E-state index in [0.717, 1.165) is 12.8 Å². The lowest BCUT2D eigenvalue weighted by Crippen LogP contribution is -2.16. The van der Waals surface area contributed by atoms with Crippen molar-refractivity contribution >= 4 is 0 Å². The van der Waals surface area contributed by atoms with Crippen LogP contribution in [0, 0.1) is 5.92 Å². The van der Waals surface area contributed by atoms with Crippen molar-refractivity contribution < 1.29 is 5.11 Å². The highest BCUT2D eigenvalue weighted by Crippen LogP contribution is 2.18. The molecule has 1 heteroatoms. The number of aliphatic hydroxyl groups excluding tert-OH is 1. The number of aliphatic hydroxyl groups is 1. The molecule has 0 heterocycles. The van der Waals surface area contributed by atoms with Gasteiger partial charge < -0.3 is 5.11 Å². The minimum atomic E-state index is -0.366. The summed E-state index contributed by atoms with van der Waals surface area (Å²) in [5.74, 6) is 0.319.